The second-order valence-electron chi connectivity index (χ2n) is 4.50. The molecule has 0 aromatic carbocycles. The third-order valence-corrected chi connectivity index (χ3v) is 3.65. The van der Waals surface area contributed by atoms with Gasteiger partial charge in [-0.1, -0.05) is 0 Å². The summed E-state index contributed by atoms with van der Waals surface area (Å²) in [5.41, 5.74) is 2.33. The molecule has 1 unspecified atom stereocenters. The Balaban J connectivity index is 2.24. The van der Waals surface area contributed by atoms with Crippen molar-refractivity contribution in [2.24, 2.45) is 0 Å². The zero-order valence-corrected chi connectivity index (χ0v) is 9.18. The molecule has 0 amide bonds. The number of hydrogen-bond donors (Lipinski definition) is 0. The number of Topliss-reactive ketones (excluding diaryl/α,β-unsaturated/α-hetero) is 1. The largest absolute Gasteiger partial charge is 0.372 e. The Morgan fingerprint density at radius 1 is 1.36 bits per heavy atom. The van der Waals surface area contributed by atoms with Crippen molar-refractivity contribution in [3.05, 3.63) is 11.3 Å². The Bertz CT molecular complexity index is 280. The highest BCUT2D eigenvalue weighted by molar-refractivity contribution is 5.94. The maximum absolute atomic E-state index is 11.4. The lowest BCUT2D eigenvalue weighted by molar-refractivity contribution is -0.114. The maximum atomic E-state index is 11.4. The summed E-state index contributed by atoms with van der Waals surface area (Å²) in [6.45, 7) is 4.98. The van der Waals surface area contributed by atoms with Gasteiger partial charge in [0.1, 0.15) is 0 Å². The minimum atomic E-state index is 0.270. The highest BCUT2D eigenvalue weighted by atomic mass is 16.1. The minimum Gasteiger partial charge on any atom is -0.372 e. The summed E-state index contributed by atoms with van der Waals surface area (Å²) in [6.07, 6.45) is 6.17. The van der Waals surface area contributed by atoms with E-state index < -0.39 is 0 Å². The molecule has 1 atom stereocenters. The van der Waals surface area contributed by atoms with Gasteiger partial charge in [-0.15, -0.1) is 0 Å². The van der Waals surface area contributed by atoms with E-state index in [1.807, 2.05) is 0 Å². The second-order valence-corrected chi connectivity index (χ2v) is 4.50. The van der Waals surface area contributed by atoms with E-state index in [-0.39, 0.29) is 5.78 Å². The van der Waals surface area contributed by atoms with E-state index in [0.717, 1.165) is 24.6 Å². The predicted molar refractivity (Wildman–Crippen MR) is 57.0 cm³/mol. The lowest BCUT2D eigenvalue weighted by atomic mass is 9.89. The Labute approximate surface area is 86.0 Å². The van der Waals surface area contributed by atoms with Crippen LogP contribution in [0.4, 0.5) is 0 Å². The van der Waals surface area contributed by atoms with Crippen LogP contribution in [0.2, 0.25) is 0 Å². The van der Waals surface area contributed by atoms with Crippen molar-refractivity contribution in [1.29, 1.82) is 0 Å². The first-order chi connectivity index (χ1) is 6.70. The molecule has 78 valence electrons. The highest BCUT2D eigenvalue weighted by Crippen LogP contribution is 2.32. The van der Waals surface area contributed by atoms with Crippen LogP contribution in [-0.4, -0.2) is 23.3 Å². The summed E-state index contributed by atoms with van der Waals surface area (Å²) in [5, 5.41) is 0. The molecule has 2 heterocycles. The van der Waals surface area contributed by atoms with Crippen molar-refractivity contribution >= 4 is 5.78 Å². The third kappa shape index (κ3) is 1.58. The lowest BCUT2D eigenvalue weighted by Crippen LogP contribution is -2.41. The maximum Gasteiger partial charge on any atom is 0.157 e. The van der Waals surface area contributed by atoms with Gasteiger partial charge in [-0.05, 0) is 46.0 Å². The Hall–Kier alpha value is -0.790. The average molecular weight is 193 g/mol. The Morgan fingerprint density at radius 3 is 2.86 bits per heavy atom. The summed E-state index contributed by atoms with van der Waals surface area (Å²) in [6, 6.07) is 0.729. The summed E-state index contributed by atoms with van der Waals surface area (Å²) in [4.78, 5) is 13.9. The molecule has 0 N–H and O–H groups in total. The van der Waals surface area contributed by atoms with Gasteiger partial charge in [-0.3, -0.25) is 4.79 Å². The fraction of sp³-hybridized carbons (Fsp3) is 0.750. The monoisotopic (exact) mass is 193 g/mol. The summed E-state index contributed by atoms with van der Waals surface area (Å²) < 4.78 is 0. The van der Waals surface area contributed by atoms with Gasteiger partial charge in [-0.2, -0.15) is 0 Å². The fourth-order valence-electron chi connectivity index (χ4n) is 2.84. The van der Waals surface area contributed by atoms with Crippen molar-refractivity contribution in [3.8, 4) is 0 Å². The molecule has 0 bridgehead atoms. The van der Waals surface area contributed by atoms with E-state index in [4.69, 9.17) is 0 Å². The van der Waals surface area contributed by atoms with Gasteiger partial charge in [0.25, 0.3) is 0 Å². The van der Waals surface area contributed by atoms with Crippen LogP contribution in [-0.2, 0) is 4.79 Å². The molecule has 1 saturated heterocycles. The topological polar surface area (TPSA) is 20.3 Å². The number of rotatable bonds is 1. The van der Waals surface area contributed by atoms with Crippen LogP contribution >= 0.6 is 0 Å². The summed E-state index contributed by atoms with van der Waals surface area (Å²) >= 11 is 0. The number of carbonyl (C=O) groups excluding carboxylic acids is 1. The highest BCUT2D eigenvalue weighted by Gasteiger charge is 2.29. The molecule has 0 aromatic heterocycles. The van der Waals surface area contributed by atoms with Crippen LogP contribution in [0, 0.1) is 0 Å². The molecule has 0 spiro atoms. The van der Waals surface area contributed by atoms with E-state index in [0.29, 0.717) is 0 Å². The fourth-order valence-corrected chi connectivity index (χ4v) is 2.84. The Kier molecular flexibility index (Phi) is 2.62. The van der Waals surface area contributed by atoms with E-state index in [9.17, 15) is 4.79 Å². The van der Waals surface area contributed by atoms with Crippen molar-refractivity contribution in [2.45, 2.75) is 52.0 Å². The zero-order valence-electron chi connectivity index (χ0n) is 9.18. The van der Waals surface area contributed by atoms with E-state index in [1.165, 1.54) is 31.4 Å². The quantitative estimate of drug-likeness (QED) is 0.637. The average Bonchev–Trinajstić information content (AvgIpc) is 2.18. The molecule has 2 nitrogen and oxygen atoms in total. The van der Waals surface area contributed by atoms with Crippen LogP contribution < -0.4 is 0 Å². The molecular formula is C12H19NO. The van der Waals surface area contributed by atoms with Crippen molar-refractivity contribution in [1.82, 2.24) is 4.90 Å². The molecule has 0 aromatic rings. The zero-order chi connectivity index (χ0) is 10.1. The molecule has 0 saturated carbocycles. The van der Waals surface area contributed by atoms with Crippen LogP contribution in [0.3, 0.4) is 0 Å². The van der Waals surface area contributed by atoms with Gasteiger partial charge >= 0.3 is 0 Å². The predicted octanol–water partition coefficient (Wildman–Crippen LogP) is 2.50. The molecule has 2 rings (SSSR count). The number of allylic oxidation sites excluding steroid dienone is 2. The van der Waals surface area contributed by atoms with Crippen molar-refractivity contribution in [3.63, 3.8) is 0 Å². The molecule has 0 aliphatic carbocycles. The number of piperidine rings is 1. The normalized spacial score (nSPS) is 27.6. The van der Waals surface area contributed by atoms with Gasteiger partial charge in [-0.25, -0.2) is 0 Å². The third-order valence-electron chi connectivity index (χ3n) is 3.65. The molecule has 2 aliphatic heterocycles. The molecule has 0 radical (unpaired) electrons. The standard InChI is InChI=1S/C12H19NO/c1-9-12(10(2)14)7-6-11-5-3-4-8-13(9)11/h11H,3-8H2,1-2H3. The first kappa shape index (κ1) is 9.75. The number of nitrogens with zero attached hydrogens (tertiary/aromatic N) is 1. The first-order valence-electron chi connectivity index (χ1n) is 5.67. The first-order valence-corrected chi connectivity index (χ1v) is 5.67. The molecule has 2 aliphatic rings. The van der Waals surface area contributed by atoms with E-state index >= 15 is 0 Å². The molecule has 1 fully saturated rings. The second kappa shape index (κ2) is 3.76. The SMILES string of the molecule is CC(=O)C1=C(C)N2CCCCC2CC1. The smallest absolute Gasteiger partial charge is 0.157 e. The van der Waals surface area contributed by atoms with Gasteiger partial charge in [0.05, 0.1) is 0 Å². The van der Waals surface area contributed by atoms with Gasteiger partial charge in [0.2, 0.25) is 0 Å². The molecule has 14 heavy (non-hydrogen) atoms. The molecule has 2 heteroatoms. The van der Waals surface area contributed by atoms with Crippen LogP contribution in [0.15, 0.2) is 11.3 Å². The number of fused-ring (bicyclic) bond motifs is 1. The van der Waals surface area contributed by atoms with Gasteiger partial charge in [0.15, 0.2) is 5.78 Å². The number of hydrogen-bond acceptors (Lipinski definition) is 2. The van der Waals surface area contributed by atoms with Crippen LogP contribution in [0.5, 0.6) is 0 Å². The van der Waals surface area contributed by atoms with Crippen LogP contribution in [0.25, 0.3) is 0 Å². The van der Waals surface area contributed by atoms with Crippen molar-refractivity contribution in [2.75, 3.05) is 6.54 Å². The van der Waals surface area contributed by atoms with E-state index in [1.54, 1.807) is 6.92 Å². The lowest BCUT2D eigenvalue weighted by Gasteiger charge is -2.42. The Morgan fingerprint density at radius 2 is 2.14 bits per heavy atom. The van der Waals surface area contributed by atoms with E-state index in [2.05, 4.69) is 11.8 Å². The summed E-state index contributed by atoms with van der Waals surface area (Å²) in [5.74, 6) is 0.270. The van der Waals surface area contributed by atoms with Crippen LogP contribution in [0.1, 0.15) is 46.0 Å². The number of carbonyl (C=O) groups is 1. The van der Waals surface area contributed by atoms with Gasteiger partial charge in [0, 0.05) is 23.9 Å². The summed E-state index contributed by atoms with van der Waals surface area (Å²) in [7, 11) is 0. The minimum absolute atomic E-state index is 0.270. The molecular weight excluding hydrogens is 174 g/mol. The number of ketones is 1. The van der Waals surface area contributed by atoms with Crippen molar-refractivity contribution < 1.29 is 4.79 Å². The van der Waals surface area contributed by atoms with Gasteiger partial charge < -0.3 is 4.90 Å².